The first kappa shape index (κ1) is 25.4. The number of halogens is 3. The molecule has 0 spiro atoms. The van der Waals surface area contributed by atoms with E-state index in [-0.39, 0.29) is 42.5 Å². The van der Waals surface area contributed by atoms with Gasteiger partial charge in [0.25, 0.3) is 0 Å². The fraction of sp³-hybridized carbons (Fsp3) is 0.720. The lowest BCUT2D eigenvalue weighted by atomic mass is 9.78. The Bertz CT molecular complexity index is 1020. The molecule has 3 aliphatic heterocycles. The number of carbonyl (C=O) groups excluding carboxylic acids is 2. The van der Waals surface area contributed by atoms with Crippen LogP contribution in [0.2, 0.25) is 0 Å². The summed E-state index contributed by atoms with van der Waals surface area (Å²) in [6.07, 6.45) is -1.11. The Hall–Kier alpha value is -2.24. The van der Waals surface area contributed by atoms with Crippen molar-refractivity contribution in [3.05, 3.63) is 29.1 Å². The zero-order valence-corrected chi connectivity index (χ0v) is 20.6. The molecular formula is C25H33F3N4O4. The molecule has 11 heteroatoms. The Kier molecular flexibility index (Phi) is 6.76. The molecule has 1 saturated carbocycles. The predicted octanol–water partition coefficient (Wildman–Crippen LogP) is 2.01. The van der Waals surface area contributed by atoms with Crippen LogP contribution in [0.25, 0.3) is 0 Å². The summed E-state index contributed by atoms with van der Waals surface area (Å²) in [7, 11) is 1.67. The number of hydrogen-bond acceptors (Lipinski definition) is 6. The zero-order valence-electron chi connectivity index (χ0n) is 20.6. The molecule has 1 aromatic heterocycles. The number of amides is 2. The number of pyridine rings is 1. The topological polar surface area (TPSA) is 84.0 Å². The van der Waals surface area contributed by atoms with Crippen molar-refractivity contribution >= 4 is 11.8 Å². The Labute approximate surface area is 208 Å². The summed E-state index contributed by atoms with van der Waals surface area (Å²) in [6, 6.07) is 1.32. The number of nitrogens with zero attached hydrogens (tertiary/aromatic N) is 3. The second-order valence-electron chi connectivity index (χ2n) is 10.6. The highest BCUT2D eigenvalue weighted by molar-refractivity contribution is 5.86. The standard InChI is InChI=1S/C25H33F3N4O4/c1-15(33)32-12-18-8-19(30-21-4-6-36-13-22(21)35-2)9-24(18,14-32)23(34)31-5-3-20-16(11-31)7-17(10-29-20)25(26,27)28/h7,10,18-19,21-22,30H,3-6,8-9,11-14H2,1-2H3/t18-,19+,21-,22+,24-/m0/s1. The summed E-state index contributed by atoms with van der Waals surface area (Å²) >= 11 is 0. The number of alkyl halides is 3. The van der Waals surface area contributed by atoms with E-state index in [4.69, 9.17) is 9.47 Å². The lowest BCUT2D eigenvalue weighted by Gasteiger charge is -2.37. The summed E-state index contributed by atoms with van der Waals surface area (Å²) in [4.78, 5) is 33.8. The largest absolute Gasteiger partial charge is 0.417 e. The number of hydrogen-bond donors (Lipinski definition) is 1. The van der Waals surface area contributed by atoms with E-state index in [1.54, 1.807) is 16.9 Å². The first-order valence-electron chi connectivity index (χ1n) is 12.6. The SMILES string of the molecule is CO[C@@H]1COCC[C@@H]1N[C@@H]1C[C@H]2CN(C(C)=O)C[C@@]2(C(=O)N2CCc3ncc(C(F)(F)F)cc3C2)C1. The van der Waals surface area contributed by atoms with Gasteiger partial charge < -0.3 is 24.6 Å². The number of rotatable bonds is 4. The predicted molar refractivity (Wildman–Crippen MR) is 123 cm³/mol. The zero-order chi connectivity index (χ0) is 25.7. The van der Waals surface area contributed by atoms with Crippen molar-refractivity contribution < 1.29 is 32.2 Å². The van der Waals surface area contributed by atoms with Crippen LogP contribution in [0.4, 0.5) is 13.2 Å². The first-order chi connectivity index (χ1) is 17.1. The average Bonchev–Trinajstić information content (AvgIpc) is 3.38. The van der Waals surface area contributed by atoms with E-state index in [1.165, 1.54) is 6.92 Å². The number of fused-ring (bicyclic) bond motifs is 2. The minimum atomic E-state index is -4.49. The maximum Gasteiger partial charge on any atom is 0.417 e. The van der Waals surface area contributed by atoms with Gasteiger partial charge in [0, 0.05) is 77.2 Å². The number of aromatic nitrogens is 1. The molecule has 5 rings (SSSR count). The van der Waals surface area contributed by atoms with Gasteiger partial charge in [-0.15, -0.1) is 0 Å². The number of nitrogens with one attached hydrogen (secondary N) is 1. The van der Waals surface area contributed by atoms with Gasteiger partial charge in [0.05, 0.1) is 23.7 Å². The highest BCUT2D eigenvalue weighted by Crippen LogP contribution is 2.50. The van der Waals surface area contributed by atoms with E-state index in [0.29, 0.717) is 56.9 Å². The van der Waals surface area contributed by atoms with Gasteiger partial charge in [-0.2, -0.15) is 13.2 Å². The maximum atomic E-state index is 14.1. The minimum absolute atomic E-state index is 0.00623. The van der Waals surface area contributed by atoms with E-state index >= 15 is 0 Å². The molecule has 36 heavy (non-hydrogen) atoms. The molecule has 0 aromatic carbocycles. The fourth-order valence-corrected chi connectivity index (χ4v) is 6.58. The molecule has 1 N–H and O–H groups in total. The third kappa shape index (κ3) is 4.61. The first-order valence-corrected chi connectivity index (χ1v) is 12.6. The van der Waals surface area contributed by atoms with Crippen LogP contribution in [0.15, 0.2) is 12.3 Å². The van der Waals surface area contributed by atoms with Crippen LogP contribution < -0.4 is 5.32 Å². The van der Waals surface area contributed by atoms with Gasteiger partial charge in [-0.3, -0.25) is 14.6 Å². The van der Waals surface area contributed by atoms with E-state index in [1.807, 2.05) is 0 Å². The normalized spacial score (nSPS) is 32.4. The molecular weight excluding hydrogens is 477 g/mol. The Morgan fingerprint density at radius 2 is 2.11 bits per heavy atom. The average molecular weight is 511 g/mol. The van der Waals surface area contributed by atoms with Crippen molar-refractivity contribution in [1.82, 2.24) is 20.1 Å². The van der Waals surface area contributed by atoms with Crippen molar-refractivity contribution in [1.29, 1.82) is 0 Å². The van der Waals surface area contributed by atoms with Crippen LogP contribution in [0, 0.1) is 11.3 Å². The summed E-state index contributed by atoms with van der Waals surface area (Å²) < 4.78 is 50.9. The second kappa shape index (κ2) is 9.57. The molecule has 5 atom stereocenters. The van der Waals surface area contributed by atoms with Crippen LogP contribution in [0.3, 0.4) is 0 Å². The van der Waals surface area contributed by atoms with Crippen LogP contribution in [0.5, 0.6) is 0 Å². The number of carbonyl (C=O) groups is 2. The van der Waals surface area contributed by atoms with E-state index in [9.17, 15) is 22.8 Å². The summed E-state index contributed by atoms with van der Waals surface area (Å²) in [5.41, 5.74) is -0.501. The minimum Gasteiger partial charge on any atom is -0.379 e. The maximum absolute atomic E-state index is 14.1. The van der Waals surface area contributed by atoms with E-state index in [0.717, 1.165) is 25.1 Å². The highest BCUT2D eigenvalue weighted by atomic mass is 19.4. The molecule has 4 aliphatic rings. The third-order valence-corrected chi connectivity index (χ3v) is 8.46. The lowest BCUT2D eigenvalue weighted by Crippen LogP contribution is -2.52. The number of methoxy groups -OCH3 is 1. The van der Waals surface area contributed by atoms with E-state index < -0.39 is 17.2 Å². The van der Waals surface area contributed by atoms with E-state index in [2.05, 4.69) is 10.3 Å². The van der Waals surface area contributed by atoms with Crippen molar-refractivity contribution in [2.24, 2.45) is 11.3 Å². The molecule has 0 unspecified atom stereocenters. The van der Waals surface area contributed by atoms with Crippen LogP contribution >= 0.6 is 0 Å². The Morgan fingerprint density at radius 3 is 2.83 bits per heavy atom. The second-order valence-corrected chi connectivity index (χ2v) is 10.6. The van der Waals surface area contributed by atoms with Gasteiger partial charge in [-0.25, -0.2) is 0 Å². The molecule has 8 nitrogen and oxygen atoms in total. The van der Waals surface area contributed by atoms with Crippen molar-refractivity contribution in [2.75, 3.05) is 40.0 Å². The molecule has 2 saturated heterocycles. The summed E-state index contributed by atoms with van der Waals surface area (Å²) in [5, 5.41) is 3.70. The van der Waals surface area contributed by atoms with Crippen LogP contribution in [0.1, 0.15) is 43.0 Å². The number of ether oxygens (including phenoxy) is 2. The van der Waals surface area contributed by atoms with Gasteiger partial charge in [-0.1, -0.05) is 0 Å². The third-order valence-electron chi connectivity index (χ3n) is 8.46. The monoisotopic (exact) mass is 510 g/mol. The fourth-order valence-electron chi connectivity index (χ4n) is 6.58. The lowest BCUT2D eigenvalue weighted by molar-refractivity contribution is -0.144. The van der Waals surface area contributed by atoms with Gasteiger partial charge >= 0.3 is 6.18 Å². The van der Waals surface area contributed by atoms with Gasteiger partial charge in [0.15, 0.2) is 0 Å². The van der Waals surface area contributed by atoms with Gasteiger partial charge in [-0.05, 0) is 36.8 Å². The van der Waals surface area contributed by atoms with Crippen LogP contribution in [-0.2, 0) is 38.2 Å². The Balaban J connectivity index is 1.36. The Morgan fingerprint density at radius 1 is 1.31 bits per heavy atom. The van der Waals surface area contributed by atoms with Crippen LogP contribution in [-0.4, -0.2) is 84.7 Å². The van der Waals surface area contributed by atoms with Gasteiger partial charge in [0.2, 0.25) is 11.8 Å². The molecule has 0 bridgehead atoms. The molecule has 4 heterocycles. The molecule has 0 radical (unpaired) electrons. The highest BCUT2D eigenvalue weighted by Gasteiger charge is 2.59. The van der Waals surface area contributed by atoms with Crippen molar-refractivity contribution in [2.45, 2.75) is 63.5 Å². The molecule has 3 fully saturated rings. The summed E-state index contributed by atoms with van der Waals surface area (Å²) in [6.45, 7) is 4.05. The smallest absolute Gasteiger partial charge is 0.379 e. The quantitative estimate of drug-likeness (QED) is 0.667. The van der Waals surface area contributed by atoms with Crippen molar-refractivity contribution in [3.63, 3.8) is 0 Å². The molecule has 2 amide bonds. The number of likely N-dealkylation sites (tertiary alicyclic amines) is 1. The molecule has 1 aliphatic carbocycles. The molecule has 198 valence electrons. The molecule has 1 aromatic rings. The van der Waals surface area contributed by atoms with Gasteiger partial charge in [0.1, 0.15) is 0 Å². The van der Waals surface area contributed by atoms with Crippen molar-refractivity contribution in [3.8, 4) is 0 Å². The summed E-state index contributed by atoms with van der Waals surface area (Å²) in [5.74, 6) is -0.139.